The van der Waals surface area contributed by atoms with E-state index >= 15 is 0 Å². The number of hydrogen-bond acceptors (Lipinski definition) is 4. The molecule has 0 saturated heterocycles. The average molecular weight is 271 g/mol. The normalized spacial score (nSPS) is 10.7. The van der Waals surface area contributed by atoms with Gasteiger partial charge in [0, 0.05) is 17.8 Å². The standard InChI is InChI=1S/C14H10FN3O2/c15-10-4-1-8(2-5-10)12-13(20-18-14(12)16)9-3-6-11(19)17-7-9/h1-7H,(H2,16,18)(H,17,19). The van der Waals surface area contributed by atoms with Gasteiger partial charge >= 0.3 is 0 Å². The first-order chi connectivity index (χ1) is 9.65. The Kier molecular flexibility index (Phi) is 2.83. The van der Waals surface area contributed by atoms with Gasteiger partial charge in [0.1, 0.15) is 5.82 Å². The molecule has 20 heavy (non-hydrogen) atoms. The van der Waals surface area contributed by atoms with Crippen molar-refractivity contribution < 1.29 is 8.91 Å². The highest BCUT2D eigenvalue weighted by atomic mass is 19.1. The van der Waals surface area contributed by atoms with Crippen LogP contribution in [-0.4, -0.2) is 10.1 Å². The number of benzene rings is 1. The maximum atomic E-state index is 13.0. The average Bonchev–Trinajstić information content (AvgIpc) is 2.83. The lowest BCUT2D eigenvalue weighted by Gasteiger charge is -2.02. The van der Waals surface area contributed by atoms with Gasteiger partial charge in [0.2, 0.25) is 5.56 Å². The van der Waals surface area contributed by atoms with Gasteiger partial charge in [-0.25, -0.2) is 4.39 Å². The van der Waals surface area contributed by atoms with Crippen molar-refractivity contribution in [1.29, 1.82) is 0 Å². The highest BCUT2D eigenvalue weighted by Crippen LogP contribution is 2.35. The van der Waals surface area contributed by atoms with Crippen LogP contribution in [0.25, 0.3) is 22.5 Å². The lowest BCUT2D eigenvalue weighted by molar-refractivity contribution is 0.436. The number of aromatic nitrogens is 2. The Labute approximate surface area is 112 Å². The van der Waals surface area contributed by atoms with E-state index < -0.39 is 0 Å². The molecule has 0 spiro atoms. The van der Waals surface area contributed by atoms with Crippen LogP contribution in [0.3, 0.4) is 0 Å². The Morgan fingerprint density at radius 1 is 1.10 bits per heavy atom. The van der Waals surface area contributed by atoms with E-state index in [4.69, 9.17) is 10.3 Å². The molecular weight excluding hydrogens is 261 g/mol. The van der Waals surface area contributed by atoms with Crippen LogP contribution in [0.5, 0.6) is 0 Å². The molecule has 3 rings (SSSR count). The van der Waals surface area contributed by atoms with Crippen LogP contribution in [0.15, 0.2) is 51.9 Å². The minimum atomic E-state index is -0.339. The molecule has 6 heteroatoms. The first-order valence-corrected chi connectivity index (χ1v) is 5.85. The summed E-state index contributed by atoms with van der Waals surface area (Å²) in [7, 11) is 0. The van der Waals surface area contributed by atoms with Gasteiger partial charge in [0.25, 0.3) is 0 Å². The summed E-state index contributed by atoms with van der Waals surface area (Å²) in [4.78, 5) is 13.6. The molecule has 0 aliphatic heterocycles. The summed E-state index contributed by atoms with van der Waals surface area (Å²) in [5, 5.41) is 3.73. The number of H-pyrrole nitrogens is 1. The lowest BCUT2D eigenvalue weighted by atomic mass is 10.0. The van der Waals surface area contributed by atoms with Crippen LogP contribution in [0.1, 0.15) is 0 Å². The molecule has 0 bridgehead atoms. The quantitative estimate of drug-likeness (QED) is 0.749. The Hall–Kier alpha value is -2.89. The van der Waals surface area contributed by atoms with Gasteiger partial charge in [-0.2, -0.15) is 0 Å². The van der Waals surface area contributed by atoms with E-state index in [2.05, 4.69) is 10.1 Å². The molecule has 0 aliphatic carbocycles. The van der Waals surface area contributed by atoms with Crippen molar-refractivity contribution in [2.75, 3.05) is 5.73 Å². The molecule has 100 valence electrons. The first-order valence-electron chi connectivity index (χ1n) is 5.85. The number of nitrogen functional groups attached to an aromatic ring is 1. The zero-order valence-electron chi connectivity index (χ0n) is 10.3. The van der Waals surface area contributed by atoms with Crippen LogP contribution in [0.4, 0.5) is 10.2 Å². The number of halogens is 1. The number of nitrogens with two attached hydrogens (primary N) is 1. The Morgan fingerprint density at radius 2 is 1.80 bits per heavy atom. The third kappa shape index (κ3) is 2.07. The van der Waals surface area contributed by atoms with Crippen LogP contribution in [0, 0.1) is 5.82 Å². The van der Waals surface area contributed by atoms with Crippen molar-refractivity contribution in [2.45, 2.75) is 0 Å². The van der Waals surface area contributed by atoms with Gasteiger partial charge < -0.3 is 15.2 Å². The van der Waals surface area contributed by atoms with Crippen LogP contribution in [0.2, 0.25) is 0 Å². The summed E-state index contributed by atoms with van der Waals surface area (Å²) in [6, 6.07) is 8.83. The second-order valence-electron chi connectivity index (χ2n) is 4.22. The molecule has 2 heterocycles. The molecule has 0 amide bonds. The number of hydrogen-bond donors (Lipinski definition) is 2. The van der Waals surface area contributed by atoms with Gasteiger partial charge in [-0.3, -0.25) is 4.79 Å². The minimum absolute atomic E-state index is 0.206. The van der Waals surface area contributed by atoms with E-state index in [1.807, 2.05) is 0 Å². The maximum Gasteiger partial charge on any atom is 0.247 e. The maximum absolute atomic E-state index is 13.0. The molecule has 0 fully saturated rings. The second kappa shape index (κ2) is 4.65. The summed E-state index contributed by atoms with van der Waals surface area (Å²) >= 11 is 0. The highest BCUT2D eigenvalue weighted by molar-refractivity contribution is 5.86. The third-order valence-corrected chi connectivity index (χ3v) is 2.90. The summed E-state index contributed by atoms with van der Waals surface area (Å²) in [5.41, 5.74) is 7.48. The van der Waals surface area contributed by atoms with Crippen molar-refractivity contribution in [3.05, 3.63) is 58.8 Å². The van der Waals surface area contributed by atoms with E-state index in [-0.39, 0.29) is 17.2 Å². The summed E-state index contributed by atoms with van der Waals surface area (Å²) in [6.45, 7) is 0. The zero-order chi connectivity index (χ0) is 14.1. The Bertz CT molecular complexity index is 786. The van der Waals surface area contributed by atoms with Crippen molar-refractivity contribution in [1.82, 2.24) is 10.1 Å². The molecule has 0 radical (unpaired) electrons. The largest absolute Gasteiger partial charge is 0.380 e. The van der Waals surface area contributed by atoms with Gasteiger partial charge in [-0.1, -0.05) is 17.3 Å². The first kappa shape index (κ1) is 12.2. The van der Waals surface area contributed by atoms with Crippen LogP contribution >= 0.6 is 0 Å². The van der Waals surface area contributed by atoms with Crippen LogP contribution in [-0.2, 0) is 0 Å². The predicted octanol–water partition coefficient (Wildman–Crippen LogP) is 2.42. The van der Waals surface area contributed by atoms with Gasteiger partial charge in [-0.05, 0) is 23.8 Å². The number of pyridine rings is 1. The summed E-state index contributed by atoms with van der Waals surface area (Å²) < 4.78 is 18.2. The molecule has 0 saturated carbocycles. The monoisotopic (exact) mass is 271 g/mol. The number of aromatic amines is 1. The van der Waals surface area contributed by atoms with Crippen molar-refractivity contribution in [2.24, 2.45) is 0 Å². The zero-order valence-corrected chi connectivity index (χ0v) is 10.3. The molecule has 3 aromatic rings. The molecule has 2 aromatic heterocycles. The molecular formula is C14H10FN3O2. The fourth-order valence-electron chi connectivity index (χ4n) is 1.95. The number of anilines is 1. The van der Waals surface area contributed by atoms with E-state index in [0.29, 0.717) is 22.5 Å². The lowest BCUT2D eigenvalue weighted by Crippen LogP contribution is -2.01. The fraction of sp³-hybridized carbons (Fsp3) is 0. The SMILES string of the molecule is Nc1noc(-c2ccc(=O)[nH]c2)c1-c1ccc(F)cc1. The predicted molar refractivity (Wildman–Crippen MR) is 72.4 cm³/mol. The van der Waals surface area contributed by atoms with Gasteiger partial charge in [0.15, 0.2) is 11.6 Å². The van der Waals surface area contributed by atoms with Gasteiger partial charge in [0.05, 0.1) is 5.56 Å². The highest BCUT2D eigenvalue weighted by Gasteiger charge is 2.17. The number of nitrogens with one attached hydrogen (secondary N) is 1. The van der Waals surface area contributed by atoms with Crippen molar-refractivity contribution >= 4 is 5.82 Å². The van der Waals surface area contributed by atoms with Gasteiger partial charge in [-0.15, -0.1) is 0 Å². The Morgan fingerprint density at radius 3 is 2.45 bits per heavy atom. The van der Waals surface area contributed by atoms with E-state index in [1.165, 1.54) is 24.4 Å². The topological polar surface area (TPSA) is 84.9 Å². The number of rotatable bonds is 2. The fourth-order valence-corrected chi connectivity index (χ4v) is 1.95. The molecule has 0 atom stereocenters. The summed E-state index contributed by atoms with van der Waals surface area (Å²) in [6.07, 6.45) is 1.51. The molecule has 0 aliphatic rings. The molecule has 0 unspecified atom stereocenters. The van der Waals surface area contributed by atoms with Crippen molar-refractivity contribution in [3.63, 3.8) is 0 Å². The van der Waals surface area contributed by atoms with Crippen LogP contribution < -0.4 is 11.3 Å². The van der Waals surface area contributed by atoms with Crippen molar-refractivity contribution in [3.8, 4) is 22.5 Å². The molecule has 1 aromatic carbocycles. The van der Waals surface area contributed by atoms with E-state index in [1.54, 1.807) is 18.2 Å². The second-order valence-corrected chi connectivity index (χ2v) is 4.22. The summed E-state index contributed by atoms with van der Waals surface area (Å²) in [5.74, 6) is 0.289. The minimum Gasteiger partial charge on any atom is -0.380 e. The number of nitrogens with zero attached hydrogens (tertiary/aromatic N) is 1. The van der Waals surface area contributed by atoms with E-state index in [0.717, 1.165) is 0 Å². The van der Waals surface area contributed by atoms with E-state index in [9.17, 15) is 9.18 Å². The third-order valence-electron chi connectivity index (χ3n) is 2.90. The molecule has 3 N–H and O–H groups in total. The smallest absolute Gasteiger partial charge is 0.247 e. The molecule has 5 nitrogen and oxygen atoms in total. The Balaban J connectivity index is 2.16.